The second-order valence-corrected chi connectivity index (χ2v) is 4.94. The number of rotatable bonds is 9. The van der Waals surface area contributed by atoms with E-state index < -0.39 is 6.04 Å². The number of hydrogen-bond donors (Lipinski definition) is 0. The zero-order valence-corrected chi connectivity index (χ0v) is 13.6. The van der Waals surface area contributed by atoms with Gasteiger partial charge in [0, 0.05) is 13.1 Å². The third kappa shape index (κ3) is 6.26. The molecule has 0 aliphatic heterocycles. The van der Waals surface area contributed by atoms with Crippen molar-refractivity contribution in [3.8, 4) is 0 Å². The Bertz CT molecular complexity index is 461. The summed E-state index contributed by atoms with van der Waals surface area (Å²) in [4.78, 5) is 25.5. The second kappa shape index (κ2) is 9.95. The molecule has 0 heterocycles. The Labute approximate surface area is 132 Å². The molecule has 0 N–H and O–H groups in total. The van der Waals surface area contributed by atoms with Crippen molar-refractivity contribution in [2.45, 2.75) is 39.8 Å². The highest BCUT2D eigenvalue weighted by molar-refractivity contribution is 5.75. The first-order chi connectivity index (χ1) is 10.6. The summed E-state index contributed by atoms with van der Waals surface area (Å²) in [5.74, 6) is -0.529. The van der Waals surface area contributed by atoms with Gasteiger partial charge in [-0.15, -0.1) is 0 Å². The van der Waals surface area contributed by atoms with Crippen molar-refractivity contribution in [1.82, 2.24) is 4.90 Å². The Morgan fingerprint density at radius 1 is 1.09 bits per heavy atom. The van der Waals surface area contributed by atoms with E-state index in [0.717, 1.165) is 5.56 Å². The molecule has 5 nitrogen and oxygen atoms in total. The van der Waals surface area contributed by atoms with E-state index in [1.54, 1.807) is 20.8 Å². The summed E-state index contributed by atoms with van der Waals surface area (Å²) in [6.45, 7) is 7.11. The van der Waals surface area contributed by atoms with E-state index in [9.17, 15) is 9.59 Å². The molecule has 0 fully saturated rings. The first-order valence-corrected chi connectivity index (χ1v) is 7.68. The quantitative estimate of drug-likeness (QED) is 0.656. The summed E-state index contributed by atoms with van der Waals surface area (Å²) in [6, 6.07) is 9.43. The molecule has 1 rings (SSSR count). The Morgan fingerprint density at radius 3 is 2.32 bits per heavy atom. The second-order valence-electron chi connectivity index (χ2n) is 4.94. The van der Waals surface area contributed by atoms with Crippen molar-refractivity contribution in [3.63, 3.8) is 0 Å². The summed E-state index contributed by atoms with van der Waals surface area (Å²) >= 11 is 0. The molecule has 1 aromatic carbocycles. The standard InChI is InChI=1S/C17H25NO4/c1-4-21-16(19)11-12-18(14(3)17(20)22-5-2)13-15-9-7-6-8-10-15/h6-10,14H,4-5,11-13H2,1-3H3/t14-/m1/s1. The van der Waals surface area contributed by atoms with Gasteiger partial charge in [0.05, 0.1) is 19.6 Å². The smallest absolute Gasteiger partial charge is 0.323 e. The fraction of sp³-hybridized carbons (Fsp3) is 0.529. The van der Waals surface area contributed by atoms with Gasteiger partial charge in [0.25, 0.3) is 0 Å². The zero-order valence-electron chi connectivity index (χ0n) is 13.6. The van der Waals surface area contributed by atoms with Crippen LogP contribution in [-0.4, -0.2) is 42.6 Å². The first kappa shape index (κ1) is 18.2. The molecular weight excluding hydrogens is 282 g/mol. The molecule has 0 radical (unpaired) electrons. The van der Waals surface area contributed by atoms with Crippen LogP contribution in [0.5, 0.6) is 0 Å². The number of benzene rings is 1. The van der Waals surface area contributed by atoms with Crippen LogP contribution in [0, 0.1) is 0 Å². The predicted molar refractivity (Wildman–Crippen MR) is 84.2 cm³/mol. The lowest BCUT2D eigenvalue weighted by atomic mass is 10.1. The molecule has 1 aromatic rings. The summed E-state index contributed by atoms with van der Waals surface area (Å²) in [6.07, 6.45) is 0.254. The highest BCUT2D eigenvalue weighted by Crippen LogP contribution is 2.11. The van der Waals surface area contributed by atoms with Gasteiger partial charge >= 0.3 is 11.9 Å². The van der Waals surface area contributed by atoms with E-state index >= 15 is 0 Å². The molecule has 0 aliphatic rings. The van der Waals surface area contributed by atoms with Crippen LogP contribution in [0.4, 0.5) is 0 Å². The molecule has 5 heteroatoms. The van der Waals surface area contributed by atoms with Crippen molar-refractivity contribution >= 4 is 11.9 Å². The zero-order chi connectivity index (χ0) is 16.4. The van der Waals surface area contributed by atoms with Crippen LogP contribution in [0.25, 0.3) is 0 Å². The lowest BCUT2D eigenvalue weighted by Crippen LogP contribution is -2.40. The van der Waals surface area contributed by atoms with Crippen molar-refractivity contribution in [1.29, 1.82) is 0 Å². The van der Waals surface area contributed by atoms with Crippen LogP contribution in [0.15, 0.2) is 30.3 Å². The average molecular weight is 307 g/mol. The minimum Gasteiger partial charge on any atom is -0.466 e. The highest BCUT2D eigenvalue weighted by atomic mass is 16.5. The molecule has 122 valence electrons. The molecule has 0 unspecified atom stereocenters. The Balaban J connectivity index is 2.71. The molecule has 1 atom stereocenters. The molecule has 0 bridgehead atoms. The number of carbonyl (C=O) groups excluding carboxylic acids is 2. The first-order valence-electron chi connectivity index (χ1n) is 7.68. The Kier molecular flexibility index (Phi) is 8.22. The van der Waals surface area contributed by atoms with Gasteiger partial charge in [-0.2, -0.15) is 0 Å². The van der Waals surface area contributed by atoms with Crippen molar-refractivity contribution < 1.29 is 19.1 Å². The van der Waals surface area contributed by atoms with E-state index in [1.807, 2.05) is 35.2 Å². The van der Waals surface area contributed by atoms with Crippen LogP contribution >= 0.6 is 0 Å². The topological polar surface area (TPSA) is 55.8 Å². The van der Waals surface area contributed by atoms with Crippen LogP contribution in [0.2, 0.25) is 0 Å². The lowest BCUT2D eigenvalue weighted by Gasteiger charge is -2.27. The predicted octanol–water partition coefficient (Wildman–Crippen LogP) is 2.39. The summed E-state index contributed by atoms with van der Waals surface area (Å²) < 4.78 is 10.0. The molecule has 0 spiro atoms. The van der Waals surface area contributed by atoms with Crippen molar-refractivity contribution in [2.75, 3.05) is 19.8 Å². The SMILES string of the molecule is CCOC(=O)CCN(Cc1ccccc1)[C@H](C)C(=O)OCC. The number of hydrogen-bond acceptors (Lipinski definition) is 5. The van der Waals surface area contributed by atoms with Gasteiger partial charge in [-0.3, -0.25) is 14.5 Å². The Morgan fingerprint density at radius 2 is 1.73 bits per heavy atom. The maximum Gasteiger partial charge on any atom is 0.323 e. The Hall–Kier alpha value is -1.88. The lowest BCUT2D eigenvalue weighted by molar-refractivity contribution is -0.151. The molecule has 22 heavy (non-hydrogen) atoms. The van der Waals surface area contributed by atoms with Crippen LogP contribution < -0.4 is 0 Å². The summed E-state index contributed by atoms with van der Waals surface area (Å²) in [5.41, 5.74) is 1.09. The van der Waals surface area contributed by atoms with Crippen molar-refractivity contribution in [2.24, 2.45) is 0 Å². The maximum atomic E-state index is 12.0. The average Bonchev–Trinajstić information content (AvgIpc) is 2.52. The van der Waals surface area contributed by atoms with Crippen molar-refractivity contribution in [3.05, 3.63) is 35.9 Å². The monoisotopic (exact) mass is 307 g/mol. The van der Waals surface area contributed by atoms with E-state index in [2.05, 4.69) is 0 Å². The van der Waals surface area contributed by atoms with Crippen LogP contribution in [0.1, 0.15) is 32.8 Å². The molecule has 0 saturated carbocycles. The minimum absolute atomic E-state index is 0.253. The van der Waals surface area contributed by atoms with E-state index in [1.165, 1.54) is 0 Å². The van der Waals surface area contributed by atoms with Gasteiger partial charge < -0.3 is 9.47 Å². The molecule has 0 aliphatic carbocycles. The van der Waals surface area contributed by atoms with Gasteiger partial charge in [0.1, 0.15) is 6.04 Å². The molecule has 0 aromatic heterocycles. The van der Waals surface area contributed by atoms with Gasteiger partial charge in [0.2, 0.25) is 0 Å². The molecule has 0 saturated heterocycles. The molecule has 0 amide bonds. The third-order valence-corrected chi connectivity index (χ3v) is 3.31. The van der Waals surface area contributed by atoms with Gasteiger partial charge in [-0.05, 0) is 26.3 Å². The largest absolute Gasteiger partial charge is 0.466 e. The normalized spacial score (nSPS) is 12.0. The number of nitrogens with zero attached hydrogens (tertiary/aromatic N) is 1. The summed E-state index contributed by atoms with van der Waals surface area (Å²) in [7, 11) is 0. The van der Waals surface area contributed by atoms with E-state index in [-0.39, 0.29) is 18.4 Å². The van der Waals surface area contributed by atoms with Gasteiger partial charge in [-0.1, -0.05) is 30.3 Å². The maximum absolute atomic E-state index is 12.0. The summed E-state index contributed by atoms with van der Waals surface area (Å²) in [5, 5.41) is 0. The van der Waals surface area contributed by atoms with Gasteiger partial charge in [-0.25, -0.2) is 0 Å². The fourth-order valence-corrected chi connectivity index (χ4v) is 2.11. The van der Waals surface area contributed by atoms with Crippen LogP contribution in [-0.2, 0) is 25.6 Å². The highest BCUT2D eigenvalue weighted by Gasteiger charge is 2.23. The van der Waals surface area contributed by atoms with E-state index in [4.69, 9.17) is 9.47 Å². The van der Waals surface area contributed by atoms with E-state index in [0.29, 0.717) is 26.3 Å². The minimum atomic E-state index is -0.408. The fourth-order valence-electron chi connectivity index (χ4n) is 2.11. The van der Waals surface area contributed by atoms with Gasteiger partial charge in [0.15, 0.2) is 0 Å². The number of esters is 2. The van der Waals surface area contributed by atoms with Crippen LogP contribution in [0.3, 0.4) is 0 Å². The molecular formula is C17H25NO4. The number of ether oxygens (including phenoxy) is 2. The third-order valence-electron chi connectivity index (χ3n) is 3.31. The number of carbonyl (C=O) groups is 2.